The summed E-state index contributed by atoms with van der Waals surface area (Å²) in [5, 5.41) is 3.41. The van der Waals surface area contributed by atoms with Crippen molar-refractivity contribution in [3.8, 4) is 0 Å². The molecule has 1 fully saturated rings. The molecule has 2 atom stereocenters. The molecule has 0 aromatic heterocycles. The molecule has 1 heterocycles. The van der Waals surface area contributed by atoms with Crippen LogP contribution >= 0.6 is 11.8 Å². The lowest BCUT2D eigenvalue weighted by Crippen LogP contribution is -2.44. The van der Waals surface area contributed by atoms with Gasteiger partial charge in [-0.15, -0.1) is 0 Å². The van der Waals surface area contributed by atoms with E-state index in [4.69, 9.17) is 4.74 Å². The van der Waals surface area contributed by atoms with Gasteiger partial charge in [0.1, 0.15) is 6.04 Å². The number of esters is 1. The van der Waals surface area contributed by atoms with Crippen molar-refractivity contribution < 1.29 is 9.53 Å². The zero-order chi connectivity index (χ0) is 11.1. The normalized spacial score (nSPS) is 22.7. The molecule has 0 aromatic rings. The van der Waals surface area contributed by atoms with Gasteiger partial charge in [-0.1, -0.05) is 19.8 Å². The van der Waals surface area contributed by atoms with Crippen molar-refractivity contribution >= 4 is 17.7 Å². The van der Waals surface area contributed by atoms with Gasteiger partial charge < -0.3 is 10.1 Å². The first kappa shape index (κ1) is 12.8. The summed E-state index contributed by atoms with van der Waals surface area (Å²) >= 11 is 1.95. The first-order valence-corrected chi connectivity index (χ1v) is 6.85. The Morgan fingerprint density at radius 1 is 1.67 bits per heavy atom. The third-order valence-electron chi connectivity index (χ3n) is 2.70. The number of thioether (sulfide) groups is 1. The molecule has 0 bridgehead atoms. The van der Waals surface area contributed by atoms with Gasteiger partial charge in [0.2, 0.25) is 0 Å². The molecule has 1 N–H and O–H groups in total. The van der Waals surface area contributed by atoms with Crippen LogP contribution in [-0.4, -0.2) is 36.7 Å². The lowest BCUT2D eigenvalue weighted by Gasteiger charge is -2.20. The van der Waals surface area contributed by atoms with Gasteiger partial charge >= 0.3 is 5.97 Å². The van der Waals surface area contributed by atoms with Crippen molar-refractivity contribution in [2.24, 2.45) is 0 Å². The summed E-state index contributed by atoms with van der Waals surface area (Å²) in [5.41, 5.74) is 0. The molecule has 3 nitrogen and oxygen atoms in total. The van der Waals surface area contributed by atoms with Crippen molar-refractivity contribution in [2.75, 3.05) is 18.6 Å². The molecule has 1 saturated heterocycles. The Morgan fingerprint density at radius 3 is 3.00 bits per heavy atom. The largest absolute Gasteiger partial charge is 0.468 e. The van der Waals surface area contributed by atoms with Gasteiger partial charge in [-0.25, -0.2) is 0 Å². The predicted molar refractivity (Wildman–Crippen MR) is 64.2 cm³/mol. The first-order chi connectivity index (χ1) is 7.27. The van der Waals surface area contributed by atoms with Gasteiger partial charge in [0.15, 0.2) is 0 Å². The maximum absolute atomic E-state index is 11.5. The summed E-state index contributed by atoms with van der Waals surface area (Å²) < 4.78 is 4.81. The molecule has 1 aliphatic rings. The minimum absolute atomic E-state index is 0.0985. The Labute approximate surface area is 96.3 Å². The van der Waals surface area contributed by atoms with Crippen LogP contribution in [0.15, 0.2) is 0 Å². The summed E-state index contributed by atoms with van der Waals surface area (Å²) in [7, 11) is 1.46. The highest BCUT2D eigenvalue weighted by Gasteiger charge is 2.24. The van der Waals surface area contributed by atoms with Crippen molar-refractivity contribution in [1.82, 2.24) is 5.32 Å². The number of hydrogen-bond donors (Lipinski definition) is 1. The number of nitrogens with one attached hydrogen (secondary N) is 1. The summed E-state index contributed by atoms with van der Waals surface area (Å²) in [6.45, 7) is 2.14. The minimum Gasteiger partial charge on any atom is -0.468 e. The van der Waals surface area contributed by atoms with Crippen LogP contribution in [0.4, 0.5) is 0 Å². The van der Waals surface area contributed by atoms with Gasteiger partial charge in [-0.05, 0) is 18.6 Å². The summed E-state index contributed by atoms with van der Waals surface area (Å²) in [6.07, 6.45) is 4.26. The van der Waals surface area contributed by atoms with Crippen molar-refractivity contribution in [3.05, 3.63) is 0 Å². The van der Waals surface area contributed by atoms with E-state index in [-0.39, 0.29) is 12.0 Å². The third-order valence-corrected chi connectivity index (χ3v) is 3.86. The maximum atomic E-state index is 11.5. The van der Waals surface area contributed by atoms with E-state index in [1.807, 2.05) is 11.8 Å². The van der Waals surface area contributed by atoms with Crippen LogP contribution in [0, 0.1) is 0 Å². The van der Waals surface area contributed by atoms with E-state index in [1.165, 1.54) is 19.3 Å². The standard InChI is InChI=1S/C11H21NO2S/c1-3-4-5-10(11(13)14-2)12-9-6-7-15-8-9/h9-10,12H,3-8H2,1-2H3. The van der Waals surface area contributed by atoms with Gasteiger partial charge in [-0.2, -0.15) is 11.8 Å². The van der Waals surface area contributed by atoms with Crippen LogP contribution in [0.5, 0.6) is 0 Å². The number of unbranched alkanes of at least 4 members (excludes halogenated alkanes) is 1. The fourth-order valence-corrected chi connectivity index (χ4v) is 2.94. The van der Waals surface area contributed by atoms with Crippen LogP contribution in [0.25, 0.3) is 0 Å². The van der Waals surface area contributed by atoms with Crippen LogP contribution in [0.3, 0.4) is 0 Å². The van der Waals surface area contributed by atoms with E-state index in [0.29, 0.717) is 6.04 Å². The van der Waals surface area contributed by atoms with E-state index in [2.05, 4.69) is 12.2 Å². The number of rotatable bonds is 6. The third kappa shape index (κ3) is 4.43. The molecule has 0 aliphatic carbocycles. The molecule has 1 aliphatic heterocycles. The number of carbonyl (C=O) groups is 1. The molecular formula is C11H21NO2S. The fourth-order valence-electron chi connectivity index (χ4n) is 1.77. The fraction of sp³-hybridized carbons (Fsp3) is 0.909. The van der Waals surface area contributed by atoms with Gasteiger partial charge in [0.25, 0.3) is 0 Å². The number of carbonyl (C=O) groups excluding carboxylic acids is 1. The average Bonchev–Trinajstić information content (AvgIpc) is 2.75. The van der Waals surface area contributed by atoms with Gasteiger partial charge in [0.05, 0.1) is 7.11 Å². The molecule has 0 saturated carbocycles. The van der Waals surface area contributed by atoms with E-state index >= 15 is 0 Å². The van der Waals surface area contributed by atoms with Crippen LogP contribution in [0.2, 0.25) is 0 Å². The molecule has 0 aromatic carbocycles. The summed E-state index contributed by atoms with van der Waals surface area (Å²) in [6, 6.07) is 0.398. The lowest BCUT2D eigenvalue weighted by atomic mass is 10.1. The van der Waals surface area contributed by atoms with E-state index in [0.717, 1.165) is 25.0 Å². The molecular weight excluding hydrogens is 210 g/mol. The highest BCUT2D eigenvalue weighted by molar-refractivity contribution is 7.99. The Morgan fingerprint density at radius 2 is 2.47 bits per heavy atom. The molecule has 0 spiro atoms. The van der Waals surface area contributed by atoms with Crippen LogP contribution in [-0.2, 0) is 9.53 Å². The van der Waals surface area contributed by atoms with Gasteiger partial charge in [0, 0.05) is 11.8 Å². The minimum atomic E-state index is -0.111. The smallest absolute Gasteiger partial charge is 0.322 e. The second-order valence-corrected chi connectivity index (χ2v) is 5.09. The van der Waals surface area contributed by atoms with E-state index in [1.54, 1.807) is 0 Å². The topological polar surface area (TPSA) is 38.3 Å². The Balaban J connectivity index is 2.36. The van der Waals surface area contributed by atoms with E-state index in [9.17, 15) is 4.79 Å². The monoisotopic (exact) mass is 231 g/mol. The quantitative estimate of drug-likeness (QED) is 0.708. The molecule has 15 heavy (non-hydrogen) atoms. The molecule has 1 rings (SSSR count). The number of ether oxygens (including phenoxy) is 1. The number of methoxy groups -OCH3 is 1. The van der Waals surface area contributed by atoms with Gasteiger partial charge in [-0.3, -0.25) is 4.79 Å². The SMILES string of the molecule is CCCCC(NC1CCSC1)C(=O)OC. The van der Waals surface area contributed by atoms with Crippen LogP contribution in [0.1, 0.15) is 32.6 Å². The maximum Gasteiger partial charge on any atom is 0.322 e. The van der Waals surface area contributed by atoms with Crippen molar-refractivity contribution in [2.45, 2.75) is 44.7 Å². The second kappa shape index (κ2) is 7.12. The molecule has 4 heteroatoms. The second-order valence-electron chi connectivity index (χ2n) is 3.95. The Hall–Kier alpha value is -0.220. The number of hydrogen-bond acceptors (Lipinski definition) is 4. The Kier molecular flexibility index (Phi) is 6.10. The molecule has 0 amide bonds. The molecule has 88 valence electrons. The highest BCUT2D eigenvalue weighted by Crippen LogP contribution is 2.18. The first-order valence-electron chi connectivity index (χ1n) is 5.69. The highest BCUT2D eigenvalue weighted by atomic mass is 32.2. The van der Waals surface area contributed by atoms with Crippen molar-refractivity contribution in [3.63, 3.8) is 0 Å². The summed E-state index contributed by atoms with van der Waals surface area (Å²) in [5.74, 6) is 2.22. The zero-order valence-electron chi connectivity index (χ0n) is 9.62. The van der Waals surface area contributed by atoms with E-state index < -0.39 is 0 Å². The van der Waals surface area contributed by atoms with Crippen LogP contribution < -0.4 is 5.32 Å². The Bertz CT molecular complexity index is 193. The molecule has 0 radical (unpaired) electrons. The summed E-state index contributed by atoms with van der Waals surface area (Å²) in [4.78, 5) is 11.5. The average molecular weight is 231 g/mol. The lowest BCUT2D eigenvalue weighted by molar-refractivity contribution is -0.143. The van der Waals surface area contributed by atoms with Crippen molar-refractivity contribution in [1.29, 1.82) is 0 Å². The predicted octanol–water partition coefficient (Wildman–Crippen LogP) is 1.81. The zero-order valence-corrected chi connectivity index (χ0v) is 10.4. The molecule has 2 unspecified atom stereocenters.